The molecule has 0 unspecified atom stereocenters. The SMILES string of the molecule is O=C(Nc1nc2ccc(CN3CCOCC3)cc2s1)c1cccc(F)c1. The molecular weight excluding hydrogens is 353 g/mol. The normalized spacial score (nSPS) is 15.3. The lowest BCUT2D eigenvalue weighted by molar-refractivity contribution is 0.0342. The Balaban J connectivity index is 1.49. The van der Waals surface area contributed by atoms with Gasteiger partial charge in [-0.05, 0) is 35.9 Å². The third-order valence-electron chi connectivity index (χ3n) is 4.27. The van der Waals surface area contributed by atoms with E-state index < -0.39 is 5.82 Å². The fourth-order valence-corrected chi connectivity index (χ4v) is 3.86. The maximum absolute atomic E-state index is 13.3. The van der Waals surface area contributed by atoms with Crippen LogP contribution in [0, 0.1) is 5.82 Å². The van der Waals surface area contributed by atoms with E-state index in [-0.39, 0.29) is 11.5 Å². The molecule has 0 atom stereocenters. The van der Waals surface area contributed by atoms with Gasteiger partial charge < -0.3 is 4.74 Å². The summed E-state index contributed by atoms with van der Waals surface area (Å²) in [6, 6.07) is 11.8. The van der Waals surface area contributed by atoms with Crippen LogP contribution >= 0.6 is 11.3 Å². The monoisotopic (exact) mass is 371 g/mol. The molecular formula is C19H18FN3O2S. The number of ether oxygens (including phenoxy) is 1. The Labute approximate surface area is 154 Å². The van der Waals surface area contributed by atoms with E-state index in [0.29, 0.717) is 5.13 Å². The molecule has 4 rings (SSSR count). The maximum Gasteiger partial charge on any atom is 0.257 e. The Bertz CT molecular complexity index is 937. The van der Waals surface area contributed by atoms with Crippen LogP contribution in [0.25, 0.3) is 10.2 Å². The van der Waals surface area contributed by atoms with Gasteiger partial charge in [-0.15, -0.1) is 0 Å². The quantitative estimate of drug-likeness (QED) is 0.762. The number of aromatic nitrogens is 1. The summed E-state index contributed by atoms with van der Waals surface area (Å²) in [5.41, 5.74) is 2.33. The van der Waals surface area contributed by atoms with Gasteiger partial charge >= 0.3 is 0 Å². The summed E-state index contributed by atoms with van der Waals surface area (Å²) in [6.07, 6.45) is 0. The zero-order chi connectivity index (χ0) is 17.9. The van der Waals surface area contributed by atoms with Crippen molar-refractivity contribution in [2.75, 3.05) is 31.6 Å². The highest BCUT2D eigenvalue weighted by atomic mass is 32.1. The number of amides is 1. The molecule has 1 amide bonds. The van der Waals surface area contributed by atoms with Crippen LogP contribution in [0.15, 0.2) is 42.5 Å². The van der Waals surface area contributed by atoms with Gasteiger partial charge in [0.25, 0.3) is 5.91 Å². The molecule has 1 aromatic heterocycles. The number of nitrogens with one attached hydrogen (secondary N) is 1. The Kier molecular flexibility index (Phi) is 4.92. The molecule has 7 heteroatoms. The summed E-state index contributed by atoms with van der Waals surface area (Å²) in [4.78, 5) is 19.1. The maximum atomic E-state index is 13.3. The molecule has 1 aliphatic rings. The van der Waals surface area contributed by atoms with Crippen molar-refractivity contribution < 1.29 is 13.9 Å². The lowest BCUT2D eigenvalue weighted by atomic mass is 10.2. The van der Waals surface area contributed by atoms with Gasteiger partial charge in [-0.25, -0.2) is 9.37 Å². The van der Waals surface area contributed by atoms with E-state index in [4.69, 9.17) is 4.74 Å². The lowest BCUT2D eigenvalue weighted by Gasteiger charge is -2.26. The Morgan fingerprint density at radius 1 is 1.23 bits per heavy atom. The van der Waals surface area contributed by atoms with Gasteiger partial charge in [-0.2, -0.15) is 0 Å². The summed E-state index contributed by atoms with van der Waals surface area (Å²) in [5.74, 6) is -0.799. The Morgan fingerprint density at radius 2 is 2.08 bits per heavy atom. The number of fused-ring (bicyclic) bond motifs is 1. The minimum absolute atomic E-state index is 0.275. The van der Waals surface area contributed by atoms with Crippen molar-refractivity contribution in [1.82, 2.24) is 9.88 Å². The molecule has 3 aromatic rings. The number of hydrogen-bond donors (Lipinski definition) is 1. The predicted molar refractivity (Wildman–Crippen MR) is 100 cm³/mol. The van der Waals surface area contributed by atoms with Gasteiger partial charge in [-0.3, -0.25) is 15.0 Å². The van der Waals surface area contributed by atoms with Crippen LogP contribution in [0.3, 0.4) is 0 Å². The second-order valence-electron chi connectivity index (χ2n) is 6.17. The molecule has 0 aliphatic carbocycles. The van der Waals surface area contributed by atoms with Crippen molar-refractivity contribution in [2.24, 2.45) is 0 Å². The van der Waals surface area contributed by atoms with E-state index >= 15 is 0 Å². The molecule has 26 heavy (non-hydrogen) atoms. The van der Waals surface area contributed by atoms with E-state index in [1.807, 2.05) is 6.07 Å². The lowest BCUT2D eigenvalue weighted by Crippen LogP contribution is -2.35. The van der Waals surface area contributed by atoms with Crippen LogP contribution in [0.1, 0.15) is 15.9 Å². The number of halogens is 1. The third-order valence-corrected chi connectivity index (χ3v) is 5.20. The standard InChI is InChI=1S/C19H18FN3O2S/c20-15-3-1-2-14(11-15)18(24)22-19-21-16-5-4-13(10-17(16)26-19)12-23-6-8-25-9-7-23/h1-5,10-11H,6-9,12H2,(H,21,22,24). The van der Waals surface area contributed by atoms with Crippen molar-refractivity contribution in [3.63, 3.8) is 0 Å². The highest BCUT2D eigenvalue weighted by Crippen LogP contribution is 2.27. The van der Waals surface area contributed by atoms with Crippen LogP contribution in [-0.2, 0) is 11.3 Å². The van der Waals surface area contributed by atoms with Gasteiger partial charge in [-0.1, -0.05) is 23.5 Å². The van der Waals surface area contributed by atoms with Crippen molar-refractivity contribution in [2.45, 2.75) is 6.54 Å². The fraction of sp³-hybridized carbons (Fsp3) is 0.263. The number of hydrogen-bond acceptors (Lipinski definition) is 5. The van der Waals surface area contributed by atoms with Crippen LogP contribution in [0.2, 0.25) is 0 Å². The predicted octanol–water partition coefficient (Wildman–Crippen LogP) is 3.52. The summed E-state index contributed by atoms with van der Waals surface area (Å²) < 4.78 is 19.7. The van der Waals surface area contributed by atoms with Gasteiger partial charge in [0.1, 0.15) is 5.82 Å². The van der Waals surface area contributed by atoms with E-state index in [2.05, 4.69) is 27.3 Å². The molecule has 0 spiro atoms. The molecule has 1 aliphatic heterocycles. The first-order chi connectivity index (χ1) is 12.7. The molecule has 0 radical (unpaired) electrons. The second-order valence-corrected chi connectivity index (χ2v) is 7.20. The van der Waals surface area contributed by atoms with Gasteiger partial charge in [0.15, 0.2) is 5.13 Å². The third kappa shape index (κ3) is 3.90. The fourth-order valence-electron chi connectivity index (χ4n) is 2.94. The van der Waals surface area contributed by atoms with E-state index in [1.165, 1.54) is 35.1 Å². The van der Waals surface area contributed by atoms with E-state index in [9.17, 15) is 9.18 Å². The number of carbonyl (C=O) groups excluding carboxylic acids is 1. The summed E-state index contributed by atoms with van der Waals surface area (Å²) in [7, 11) is 0. The van der Waals surface area contributed by atoms with Gasteiger partial charge in [0.2, 0.25) is 0 Å². The number of benzene rings is 2. The second kappa shape index (κ2) is 7.49. The zero-order valence-corrected chi connectivity index (χ0v) is 14.9. The van der Waals surface area contributed by atoms with Crippen molar-refractivity contribution in [3.05, 3.63) is 59.4 Å². The smallest absolute Gasteiger partial charge is 0.257 e. The molecule has 2 heterocycles. The number of thiazole rings is 1. The van der Waals surface area contributed by atoms with Crippen LogP contribution in [0.5, 0.6) is 0 Å². The topological polar surface area (TPSA) is 54.5 Å². The van der Waals surface area contributed by atoms with E-state index in [1.54, 1.807) is 6.07 Å². The average Bonchev–Trinajstić information content (AvgIpc) is 3.04. The molecule has 2 aromatic carbocycles. The minimum atomic E-state index is -0.435. The van der Waals surface area contributed by atoms with Gasteiger partial charge in [0, 0.05) is 25.2 Å². The Morgan fingerprint density at radius 3 is 2.88 bits per heavy atom. The minimum Gasteiger partial charge on any atom is -0.379 e. The summed E-state index contributed by atoms with van der Waals surface area (Å²) in [5, 5.41) is 3.26. The number of anilines is 1. The highest BCUT2D eigenvalue weighted by molar-refractivity contribution is 7.22. The van der Waals surface area contributed by atoms with Crippen LogP contribution in [-0.4, -0.2) is 42.1 Å². The molecule has 1 N–H and O–H groups in total. The summed E-state index contributed by atoms with van der Waals surface area (Å²) in [6.45, 7) is 4.31. The summed E-state index contributed by atoms with van der Waals surface area (Å²) >= 11 is 1.42. The first-order valence-electron chi connectivity index (χ1n) is 8.44. The Hall–Kier alpha value is -2.35. The molecule has 134 valence electrons. The number of rotatable bonds is 4. The highest BCUT2D eigenvalue weighted by Gasteiger charge is 2.13. The molecule has 1 saturated heterocycles. The van der Waals surface area contributed by atoms with E-state index in [0.717, 1.165) is 43.1 Å². The number of morpholine rings is 1. The van der Waals surface area contributed by atoms with Crippen LogP contribution < -0.4 is 5.32 Å². The largest absolute Gasteiger partial charge is 0.379 e. The van der Waals surface area contributed by atoms with Crippen molar-refractivity contribution >= 4 is 32.6 Å². The first kappa shape index (κ1) is 17.1. The first-order valence-corrected chi connectivity index (χ1v) is 9.25. The molecule has 0 saturated carbocycles. The molecule has 5 nitrogen and oxygen atoms in total. The van der Waals surface area contributed by atoms with Gasteiger partial charge in [0.05, 0.1) is 23.4 Å². The molecule has 1 fully saturated rings. The van der Waals surface area contributed by atoms with Crippen molar-refractivity contribution in [1.29, 1.82) is 0 Å². The number of carbonyl (C=O) groups is 1. The zero-order valence-electron chi connectivity index (χ0n) is 14.1. The molecule has 0 bridgehead atoms. The van der Waals surface area contributed by atoms with Crippen molar-refractivity contribution in [3.8, 4) is 0 Å². The van der Waals surface area contributed by atoms with Crippen LogP contribution in [0.4, 0.5) is 9.52 Å². The number of nitrogens with zero attached hydrogens (tertiary/aromatic N) is 2. The average molecular weight is 371 g/mol.